The number of methoxy groups -OCH3 is 1. The Morgan fingerprint density at radius 3 is 2.55 bits per heavy atom. The monoisotopic (exact) mass is 306 g/mol. The van der Waals surface area contributed by atoms with Gasteiger partial charge < -0.3 is 14.2 Å². The molecule has 22 heavy (non-hydrogen) atoms. The molecule has 0 amide bonds. The van der Waals surface area contributed by atoms with Gasteiger partial charge in [-0.2, -0.15) is 0 Å². The van der Waals surface area contributed by atoms with Crippen molar-refractivity contribution in [2.75, 3.05) is 13.7 Å². The van der Waals surface area contributed by atoms with E-state index < -0.39 is 29.2 Å². The molecular formula is C16H18O6. The molecular weight excluding hydrogens is 288 g/mol. The van der Waals surface area contributed by atoms with Crippen LogP contribution in [0.4, 0.5) is 0 Å². The summed E-state index contributed by atoms with van der Waals surface area (Å²) in [5.41, 5.74) is 0.248. The molecule has 1 aliphatic rings. The molecule has 0 aromatic heterocycles. The van der Waals surface area contributed by atoms with E-state index in [1.807, 2.05) is 0 Å². The van der Waals surface area contributed by atoms with Gasteiger partial charge in [-0.05, 0) is 19.1 Å². The first kappa shape index (κ1) is 16.0. The molecule has 0 saturated carbocycles. The van der Waals surface area contributed by atoms with E-state index >= 15 is 0 Å². The molecule has 1 aliphatic heterocycles. The van der Waals surface area contributed by atoms with Crippen LogP contribution in [0.25, 0.3) is 0 Å². The highest BCUT2D eigenvalue weighted by Gasteiger charge is 2.47. The Labute approximate surface area is 128 Å². The van der Waals surface area contributed by atoms with Gasteiger partial charge >= 0.3 is 11.9 Å². The first-order valence-electron chi connectivity index (χ1n) is 6.83. The minimum atomic E-state index is -1.10. The van der Waals surface area contributed by atoms with Crippen molar-refractivity contribution < 1.29 is 28.6 Å². The molecule has 1 atom stereocenters. The van der Waals surface area contributed by atoms with Gasteiger partial charge in [0.2, 0.25) is 6.10 Å². The summed E-state index contributed by atoms with van der Waals surface area (Å²) in [5.74, 6) is -2.31. The normalized spacial score (nSPS) is 19.5. The molecule has 0 spiro atoms. The Morgan fingerprint density at radius 2 is 2.00 bits per heavy atom. The van der Waals surface area contributed by atoms with Gasteiger partial charge in [-0.3, -0.25) is 4.79 Å². The largest absolute Gasteiger partial charge is 0.496 e. The summed E-state index contributed by atoms with van der Waals surface area (Å²) < 4.78 is 15.0. The lowest BCUT2D eigenvalue weighted by atomic mass is 9.90. The molecule has 6 nitrogen and oxygen atoms in total. The minimum Gasteiger partial charge on any atom is -0.496 e. The maximum Gasteiger partial charge on any atom is 0.380 e. The number of benzene rings is 1. The zero-order valence-electron chi connectivity index (χ0n) is 13.0. The zero-order chi connectivity index (χ0) is 16.5. The van der Waals surface area contributed by atoms with E-state index in [-0.39, 0.29) is 17.9 Å². The Balaban J connectivity index is 2.22. The van der Waals surface area contributed by atoms with Gasteiger partial charge in [0.05, 0.1) is 12.7 Å². The maximum atomic E-state index is 12.3. The van der Waals surface area contributed by atoms with Crippen molar-refractivity contribution in [2.45, 2.75) is 26.9 Å². The Bertz CT molecular complexity index is 632. The van der Waals surface area contributed by atoms with Crippen molar-refractivity contribution in [1.29, 1.82) is 0 Å². The van der Waals surface area contributed by atoms with E-state index in [1.165, 1.54) is 7.11 Å². The van der Waals surface area contributed by atoms with Gasteiger partial charge in [0.15, 0.2) is 0 Å². The number of hydrogen-bond acceptors (Lipinski definition) is 6. The SMILES string of the molecule is COc1ccc(C)cc1C(=O)C(=O)O[C@H]1C(=O)OCC1(C)C. The van der Waals surface area contributed by atoms with Crippen molar-refractivity contribution in [3.8, 4) is 5.75 Å². The summed E-state index contributed by atoms with van der Waals surface area (Å²) in [7, 11) is 1.41. The second-order valence-corrected chi connectivity index (χ2v) is 5.91. The lowest BCUT2D eigenvalue weighted by Gasteiger charge is -2.21. The number of hydrogen-bond donors (Lipinski definition) is 0. The van der Waals surface area contributed by atoms with Crippen LogP contribution in [0.1, 0.15) is 29.8 Å². The van der Waals surface area contributed by atoms with Crippen LogP contribution in [-0.2, 0) is 19.1 Å². The second-order valence-electron chi connectivity index (χ2n) is 5.91. The highest BCUT2D eigenvalue weighted by atomic mass is 16.6. The third-order valence-corrected chi connectivity index (χ3v) is 3.52. The number of aryl methyl sites for hydroxylation is 1. The molecule has 0 aliphatic carbocycles. The predicted octanol–water partition coefficient (Wildman–Crippen LogP) is 1.68. The van der Waals surface area contributed by atoms with Crippen LogP contribution in [0.5, 0.6) is 5.75 Å². The van der Waals surface area contributed by atoms with Crippen molar-refractivity contribution in [3.63, 3.8) is 0 Å². The fraction of sp³-hybridized carbons (Fsp3) is 0.438. The van der Waals surface area contributed by atoms with E-state index in [2.05, 4.69) is 0 Å². The van der Waals surface area contributed by atoms with Gasteiger partial charge in [0, 0.05) is 5.41 Å². The molecule has 0 N–H and O–H groups in total. The smallest absolute Gasteiger partial charge is 0.380 e. The first-order chi connectivity index (χ1) is 10.3. The Kier molecular flexibility index (Phi) is 4.21. The highest BCUT2D eigenvalue weighted by molar-refractivity contribution is 6.41. The molecule has 6 heteroatoms. The number of carbonyl (C=O) groups excluding carboxylic acids is 3. The fourth-order valence-electron chi connectivity index (χ4n) is 2.20. The van der Waals surface area contributed by atoms with E-state index in [9.17, 15) is 14.4 Å². The third kappa shape index (κ3) is 2.95. The number of carbonyl (C=O) groups is 3. The quantitative estimate of drug-likeness (QED) is 0.478. The fourth-order valence-corrected chi connectivity index (χ4v) is 2.20. The van der Waals surface area contributed by atoms with Crippen LogP contribution in [0.3, 0.4) is 0 Å². The Morgan fingerprint density at radius 1 is 1.32 bits per heavy atom. The van der Waals surface area contributed by atoms with E-state index in [1.54, 1.807) is 39.0 Å². The van der Waals surface area contributed by atoms with Gasteiger partial charge in [-0.15, -0.1) is 0 Å². The number of ether oxygens (including phenoxy) is 3. The van der Waals surface area contributed by atoms with Crippen LogP contribution < -0.4 is 4.74 Å². The summed E-state index contributed by atoms with van der Waals surface area (Å²) in [6.45, 7) is 5.39. The van der Waals surface area contributed by atoms with Crippen LogP contribution in [0.2, 0.25) is 0 Å². The third-order valence-electron chi connectivity index (χ3n) is 3.52. The minimum absolute atomic E-state index is 0.108. The summed E-state index contributed by atoms with van der Waals surface area (Å²) in [5, 5.41) is 0. The van der Waals surface area contributed by atoms with E-state index in [4.69, 9.17) is 14.2 Å². The zero-order valence-corrected chi connectivity index (χ0v) is 13.0. The Hall–Kier alpha value is -2.37. The first-order valence-corrected chi connectivity index (χ1v) is 6.83. The number of rotatable bonds is 4. The maximum absolute atomic E-state index is 12.3. The van der Waals surface area contributed by atoms with Gasteiger partial charge in [-0.1, -0.05) is 25.5 Å². The molecule has 0 radical (unpaired) electrons. The number of Topliss-reactive ketones (excluding diaryl/α,β-unsaturated/α-hetero) is 1. The van der Waals surface area contributed by atoms with Crippen LogP contribution in [0.15, 0.2) is 18.2 Å². The predicted molar refractivity (Wildman–Crippen MR) is 76.7 cm³/mol. The second kappa shape index (κ2) is 5.79. The number of cyclic esters (lactones) is 1. The van der Waals surface area contributed by atoms with Crippen LogP contribution in [-0.4, -0.2) is 37.5 Å². The molecule has 0 bridgehead atoms. The summed E-state index contributed by atoms with van der Waals surface area (Å²) >= 11 is 0. The lowest BCUT2D eigenvalue weighted by Crippen LogP contribution is -2.37. The van der Waals surface area contributed by atoms with E-state index in [0.29, 0.717) is 0 Å². The number of ketones is 1. The van der Waals surface area contributed by atoms with Gasteiger partial charge in [-0.25, -0.2) is 9.59 Å². The van der Waals surface area contributed by atoms with Gasteiger partial charge in [0.1, 0.15) is 12.4 Å². The number of esters is 2. The van der Waals surface area contributed by atoms with Crippen molar-refractivity contribution in [3.05, 3.63) is 29.3 Å². The average Bonchev–Trinajstić information content (AvgIpc) is 2.73. The molecule has 1 heterocycles. The topological polar surface area (TPSA) is 78.9 Å². The van der Waals surface area contributed by atoms with Crippen LogP contribution in [0, 0.1) is 12.3 Å². The van der Waals surface area contributed by atoms with Crippen molar-refractivity contribution in [1.82, 2.24) is 0 Å². The summed E-state index contributed by atoms with van der Waals surface area (Å²) in [6.07, 6.45) is -1.08. The van der Waals surface area contributed by atoms with Gasteiger partial charge in [0.25, 0.3) is 5.78 Å². The molecule has 1 saturated heterocycles. The average molecular weight is 306 g/mol. The molecule has 1 aromatic rings. The van der Waals surface area contributed by atoms with Crippen molar-refractivity contribution >= 4 is 17.7 Å². The van der Waals surface area contributed by atoms with Crippen LogP contribution >= 0.6 is 0 Å². The van der Waals surface area contributed by atoms with E-state index in [0.717, 1.165) is 5.56 Å². The highest BCUT2D eigenvalue weighted by Crippen LogP contribution is 2.31. The molecule has 1 aromatic carbocycles. The molecule has 2 rings (SSSR count). The molecule has 0 unspecified atom stereocenters. The lowest BCUT2D eigenvalue weighted by molar-refractivity contribution is -0.159. The van der Waals surface area contributed by atoms with Crippen molar-refractivity contribution in [2.24, 2.45) is 5.41 Å². The molecule has 118 valence electrons. The summed E-state index contributed by atoms with van der Waals surface area (Å²) in [4.78, 5) is 36.0. The molecule has 1 fully saturated rings. The summed E-state index contributed by atoms with van der Waals surface area (Å²) in [6, 6.07) is 4.91. The standard InChI is InChI=1S/C16H18O6/c1-9-5-6-11(20-4)10(7-9)12(17)14(18)22-13-15(19)21-8-16(13,2)3/h5-7,13H,8H2,1-4H3/t13-/m0/s1.